The van der Waals surface area contributed by atoms with Crippen molar-refractivity contribution in [3.63, 3.8) is 0 Å². The second-order valence-corrected chi connectivity index (χ2v) is 7.49. The van der Waals surface area contributed by atoms with Crippen LogP contribution in [0.25, 0.3) is 22.1 Å². The van der Waals surface area contributed by atoms with Crippen LogP contribution in [0.3, 0.4) is 0 Å². The summed E-state index contributed by atoms with van der Waals surface area (Å²) in [6, 6.07) is 12.0. The van der Waals surface area contributed by atoms with Crippen LogP contribution < -0.4 is 5.32 Å². The SMILES string of the molecule is Cn1cnc2ccnc(Sc3ccc(Nc4nc5ccc(F)c(F)c5[nH]4)cc3)c21. The zero-order chi connectivity index (χ0) is 20.0. The van der Waals surface area contributed by atoms with Gasteiger partial charge in [-0.1, -0.05) is 11.8 Å². The average Bonchev–Trinajstić information content (AvgIpc) is 3.31. The van der Waals surface area contributed by atoms with Crippen LogP contribution in [0, 0.1) is 11.6 Å². The van der Waals surface area contributed by atoms with Crippen molar-refractivity contribution < 1.29 is 8.78 Å². The Bertz CT molecular complexity index is 1340. The van der Waals surface area contributed by atoms with Gasteiger partial charge in [0.2, 0.25) is 5.95 Å². The highest BCUT2D eigenvalue weighted by molar-refractivity contribution is 7.99. The van der Waals surface area contributed by atoms with Gasteiger partial charge in [-0.3, -0.25) is 0 Å². The van der Waals surface area contributed by atoms with E-state index in [2.05, 4.69) is 25.3 Å². The third-order valence-corrected chi connectivity index (χ3v) is 5.47. The molecule has 0 saturated carbocycles. The van der Waals surface area contributed by atoms with E-state index < -0.39 is 11.6 Å². The number of anilines is 2. The van der Waals surface area contributed by atoms with E-state index in [-0.39, 0.29) is 5.52 Å². The van der Waals surface area contributed by atoms with E-state index >= 15 is 0 Å². The summed E-state index contributed by atoms with van der Waals surface area (Å²) < 4.78 is 29.1. The Labute approximate surface area is 168 Å². The van der Waals surface area contributed by atoms with E-state index in [9.17, 15) is 8.78 Å². The summed E-state index contributed by atoms with van der Waals surface area (Å²) in [5.41, 5.74) is 3.04. The van der Waals surface area contributed by atoms with Gasteiger partial charge in [-0.15, -0.1) is 0 Å². The van der Waals surface area contributed by atoms with Gasteiger partial charge in [-0.2, -0.15) is 0 Å². The summed E-state index contributed by atoms with van der Waals surface area (Å²) in [4.78, 5) is 16.8. The monoisotopic (exact) mass is 408 g/mol. The van der Waals surface area contributed by atoms with E-state index in [4.69, 9.17) is 0 Å². The molecule has 0 atom stereocenters. The van der Waals surface area contributed by atoms with Crippen LogP contribution in [-0.2, 0) is 7.05 Å². The lowest BCUT2D eigenvalue weighted by Crippen LogP contribution is -1.92. The van der Waals surface area contributed by atoms with E-state index in [0.29, 0.717) is 11.5 Å². The average molecular weight is 408 g/mol. The highest BCUT2D eigenvalue weighted by Crippen LogP contribution is 2.32. The number of nitrogens with zero attached hydrogens (tertiary/aromatic N) is 4. The van der Waals surface area contributed by atoms with Gasteiger partial charge in [0.25, 0.3) is 0 Å². The molecular formula is C20H14F2N6S. The molecule has 144 valence electrons. The van der Waals surface area contributed by atoms with Gasteiger partial charge < -0.3 is 14.9 Å². The third kappa shape index (κ3) is 3.19. The van der Waals surface area contributed by atoms with Crippen LogP contribution in [0.5, 0.6) is 0 Å². The normalized spacial score (nSPS) is 11.4. The summed E-state index contributed by atoms with van der Waals surface area (Å²) in [5, 5.41) is 3.94. The van der Waals surface area contributed by atoms with Gasteiger partial charge >= 0.3 is 0 Å². The summed E-state index contributed by atoms with van der Waals surface area (Å²) in [7, 11) is 1.94. The van der Waals surface area contributed by atoms with Crippen LogP contribution in [-0.4, -0.2) is 24.5 Å². The fourth-order valence-electron chi connectivity index (χ4n) is 3.08. The van der Waals surface area contributed by atoms with Gasteiger partial charge in [0.15, 0.2) is 11.6 Å². The summed E-state index contributed by atoms with van der Waals surface area (Å²) >= 11 is 1.54. The van der Waals surface area contributed by atoms with Crippen LogP contribution in [0.4, 0.5) is 20.4 Å². The Morgan fingerprint density at radius 3 is 2.66 bits per heavy atom. The topological polar surface area (TPSA) is 71.4 Å². The molecule has 0 amide bonds. The first-order valence-electron chi connectivity index (χ1n) is 8.73. The summed E-state index contributed by atoms with van der Waals surface area (Å²) in [5.74, 6) is -1.51. The van der Waals surface area contributed by atoms with Crippen molar-refractivity contribution in [3.8, 4) is 0 Å². The molecule has 0 bridgehead atoms. The molecule has 29 heavy (non-hydrogen) atoms. The molecule has 6 nitrogen and oxygen atoms in total. The zero-order valence-corrected chi connectivity index (χ0v) is 16.0. The smallest absolute Gasteiger partial charge is 0.205 e. The van der Waals surface area contributed by atoms with Gasteiger partial charge in [-0.25, -0.2) is 23.7 Å². The molecule has 2 aromatic carbocycles. The zero-order valence-electron chi connectivity index (χ0n) is 15.1. The number of imidazole rings is 2. The first-order chi connectivity index (χ1) is 14.1. The van der Waals surface area contributed by atoms with Crippen molar-refractivity contribution >= 4 is 45.5 Å². The Hall–Kier alpha value is -3.46. The Morgan fingerprint density at radius 1 is 1.00 bits per heavy atom. The highest BCUT2D eigenvalue weighted by atomic mass is 32.2. The molecule has 0 unspecified atom stereocenters. The molecule has 5 rings (SSSR count). The lowest BCUT2D eigenvalue weighted by Gasteiger charge is -2.06. The molecule has 2 N–H and O–H groups in total. The Balaban J connectivity index is 1.38. The number of aryl methyl sites for hydroxylation is 1. The second kappa shape index (κ2) is 6.85. The number of hydrogen-bond acceptors (Lipinski definition) is 5. The number of fused-ring (bicyclic) bond motifs is 2. The summed E-state index contributed by atoms with van der Waals surface area (Å²) in [6.07, 6.45) is 3.52. The first kappa shape index (κ1) is 17.6. The van der Waals surface area contributed by atoms with Gasteiger partial charge in [0.05, 0.1) is 17.4 Å². The number of aromatic amines is 1. The van der Waals surface area contributed by atoms with Crippen LogP contribution in [0.15, 0.2) is 64.9 Å². The number of H-pyrrole nitrogens is 1. The second-order valence-electron chi connectivity index (χ2n) is 6.43. The molecule has 0 aliphatic heterocycles. The maximum absolute atomic E-state index is 13.8. The largest absolute Gasteiger partial charge is 0.332 e. The number of halogens is 2. The Kier molecular flexibility index (Phi) is 4.17. The molecule has 0 aliphatic rings. The standard InChI is InChI=1S/C20H14F2N6S/c1-28-10-24-15-8-9-23-19(18(15)28)29-12-4-2-11(3-5-12)25-20-26-14-7-6-13(21)16(22)17(14)27-20/h2-10H,1H3,(H2,25,26,27). The number of hydrogen-bond donors (Lipinski definition) is 2. The minimum absolute atomic E-state index is 0.0371. The molecule has 5 aromatic rings. The van der Waals surface area contributed by atoms with E-state index in [1.54, 1.807) is 24.3 Å². The molecule has 0 radical (unpaired) electrons. The quantitative estimate of drug-likeness (QED) is 0.437. The molecule has 9 heteroatoms. The predicted octanol–water partition coefficient (Wildman–Crippen LogP) is 5.02. The first-order valence-corrected chi connectivity index (χ1v) is 9.55. The van der Waals surface area contributed by atoms with Crippen LogP contribution in [0.2, 0.25) is 0 Å². The van der Waals surface area contributed by atoms with Crippen molar-refractivity contribution in [2.75, 3.05) is 5.32 Å². The number of rotatable bonds is 4. The lowest BCUT2D eigenvalue weighted by molar-refractivity contribution is 0.515. The maximum atomic E-state index is 13.8. The van der Waals surface area contributed by atoms with Crippen molar-refractivity contribution in [2.45, 2.75) is 9.92 Å². The van der Waals surface area contributed by atoms with Crippen LogP contribution in [0.1, 0.15) is 0 Å². The predicted molar refractivity (Wildman–Crippen MR) is 108 cm³/mol. The Morgan fingerprint density at radius 2 is 1.83 bits per heavy atom. The summed E-state index contributed by atoms with van der Waals surface area (Å²) in [6.45, 7) is 0. The lowest BCUT2D eigenvalue weighted by atomic mass is 10.3. The number of aromatic nitrogens is 5. The van der Waals surface area contributed by atoms with Gasteiger partial charge in [0, 0.05) is 23.8 Å². The van der Waals surface area contributed by atoms with Crippen LogP contribution >= 0.6 is 11.8 Å². The van der Waals surface area contributed by atoms with Gasteiger partial charge in [0.1, 0.15) is 16.1 Å². The minimum atomic E-state index is -0.938. The number of benzene rings is 2. The molecule has 3 heterocycles. The van der Waals surface area contributed by atoms with Crippen molar-refractivity contribution in [3.05, 3.63) is 66.6 Å². The number of pyridine rings is 1. The molecule has 0 aliphatic carbocycles. The molecular weight excluding hydrogens is 394 g/mol. The minimum Gasteiger partial charge on any atom is -0.332 e. The number of nitrogens with one attached hydrogen (secondary N) is 2. The van der Waals surface area contributed by atoms with E-state index in [1.807, 2.05) is 41.9 Å². The van der Waals surface area contributed by atoms with Crippen molar-refractivity contribution in [1.29, 1.82) is 0 Å². The van der Waals surface area contributed by atoms with Gasteiger partial charge in [-0.05, 0) is 42.5 Å². The van der Waals surface area contributed by atoms with E-state index in [0.717, 1.165) is 32.7 Å². The highest BCUT2D eigenvalue weighted by Gasteiger charge is 2.12. The molecule has 3 aromatic heterocycles. The van der Waals surface area contributed by atoms with Crippen molar-refractivity contribution in [1.82, 2.24) is 24.5 Å². The molecule has 0 spiro atoms. The van der Waals surface area contributed by atoms with Crippen molar-refractivity contribution in [2.24, 2.45) is 7.05 Å². The molecule has 0 fully saturated rings. The van der Waals surface area contributed by atoms with E-state index in [1.165, 1.54) is 6.07 Å². The maximum Gasteiger partial charge on any atom is 0.205 e. The fourth-order valence-corrected chi connectivity index (χ4v) is 4.03. The fraction of sp³-hybridized carbons (Fsp3) is 0.0500. The molecule has 0 saturated heterocycles. The third-order valence-electron chi connectivity index (χ3n) is 4.47.